The summed E-state index contributed by atoms with van der Waals surface area (Å²) in [5.41, 5.74) is 0.245. The fourth-order valence-corrected chi connectivity index (χ4v) is 2.54. The van der Waals surface area contributed by atoms with E-state index in [1.54, 1.807) is 24.3 Å². The summed E-state index contributed by atoms with van der Waals surface area (Å²) >= 11 is 0. The molecule has 4 heteroatoms. The molecule has 0 unspecified atom stereocenters. The molecule has 0 saturated heterocycles. The summed E-state index contributed by atoms with van der Waals surface area (Å²) in [6.45, 7) is 2.84. The van der Waals surface area contributed by atoms with Crippen molar-refractivity contribution in [3.63, 3.8) is 0 Å². The van der Waals surface area contributed by atoms with E-state index < -0.39 is 5.97 Å². The predicted octanol–water partition coefficient (Wildman–Crippen LogP) is 4.77. The normalized spacial score (nSPS) is 10.1. The SMILES string of the molecule is CCCCCCCCCCCCOc1ccccc1C(=O)O.[CaH2]. The third-order valence-electron chi connectivity index (χ3n) is 3.87. The molecule has 0 spiro atoms. The molecular weight excluding hydrogens is 316 g/mol. The van der Waals surface area contributed by atoms with Crippen LogP contribution in [0.4, 0.5) is 0 Å². The van der Waals surface area contributed by atoms with Crippen molar-refractivity contribution < 1.29 is 14.6 Å². The molecule has 0 aliphatic carbocycles. The van der Waals surface area contributed by atoms with Gasteiger partial charge in [-0.15, -0.1) is 0 Å². The van der Waals surface area contributed by atoms with Crippen LogP contribution in [0, 0.1) is 0 Å². The number of carboxylic acids is 1. The number of carbonyl (C=O) groups is 1. The molecule has 0 saturated carbocycles. The molecule has 128 valence electrons. The Labute approximate surface area is 170 Å². The Morgan fingerprint density at radius 2 is 1.43 bits per heavy atom. The molecule has 0 bridgehead atoms. The number of para-hydroxylation sites is 1. The number of hydrogen-bond donors (Lipinski definition) is 1. The van der Waals surface area contributed by atoms with Gasteiger partial charge in [-0.25, -0.2) is 4.79 Å². The van der Waals surface area contributed by atoms with Crippen LogP contribution in [0.2, 0.25) is 0 Å². The van der Waals surface area contributed by atoms with E-state index in [1.165, 1.54) is 51.4 Å². The quantitative estimate of drug-likeness (QED) is 0.413. The molecule has 0 radical (unpaired) electrons. The number of benzene rings is 1. The minimum atomic E-state index is -0.932. The molecule has 0 aliphatic rings. The van der Waals surface area contributed by atoms with Crippen molar-refractivity contribution in [1.29, 1.82) is 0 Å². The number of hydrogen-bond acceptors (Lipinski definition) is 2. The number of aromatic carboxylic acids is 1. The van der Waals surface area contributed by atoms with Crippen molar-refractivity contribution >= 4 is 43.7 Å². The van der Waals surface area contributed by atoms with Crippen molar-refractivity contribution in [3.8, 4) is 5.75 Å². The molecule has 23 heavy (non-hydrogen) atoms. The van der Waals surface area contributed by atoms with Crippen LogP contribution in [0.1, 0.15) is 81.5 Å². The molecule has 0 aromatic heterocycles. The first kappa shape index (κ1) is 22.7. The zero-order valence-corrected chi connectivity index (χ0v) is 13.9. The molecule has 3 nitrogen and oxygen atoms in total. The van der Waals surface area contributed by atoms with Crippen molar-refractivity contribution in [2.45, 2.75) is 71.1 Å². The summed E-state index contributed by atoms with van der Waals surface area (Å²) < 4.78 is 5.59. The maximum atomic E-state index is 11.0. The minimum absolute atomic E-state index is 0. The van der Waals surface area contributed by atoms with E-state index in [2.05, 4.69) is 6.92 Å². The Morgan fingerprint density at radius 1 is 0.913 bits per heavy atom. The summed E-state index contributed by atoms with van der Waals surface area (Å²) in [7, 11) is 0. The average molecular weight is 349 g/mol. The zero-order chi connectivity index (χ0) is 16.0. The van der Waals surface area contributed by atoms with Gasteiger partial charge in [-0.05, 0) is 18.6 Å². The summed E-state index contributed by atoms with van der Waals surface area (Å²) in [4.78, 5) is 11.0. The second-order valence-corrected chi connectivity index (χ2v) is 5.83. The molecule has 0 atom stereocenters. The first-order chi connectivity index (χ1) is 10.8. The van der Waals surface area contributed by atoms with Crippen LogP contribution in [0.5, 0.6) is 5.75 Å². The third kappa shape index (κ3) is 11.0. The number of rotatable bonds is 13. The molecule has 1 aromatic carbocycles. The van der Waals surface area contributed by atoms with E-state index in [0.717, 1.165) is 12.8 Å². The van der Waals surface area contributed by atoms with E-state index >= 15 is 0 Å². The monoisotopic (exact) mass is 348 g/mol. The number of carboxylic acid groups (broad SMARTS) is 1. The molecule has 0 fully saturated rings. The Balaban J connectivity index is 0.00000484. The molecule has 1 aromatic rings. The zero-order valence-electron chi connectivity index (χ0n) is 13.9. The van der Waals surface area contributed by atoms with E-state index in [0.29, 0.717) is 12.4 Å². The average Bonchev–Trinajstić information content (AvgIpc) is 2.53. The number of ether oxygens (including phenoxy) is 1. The standard InChI is InChI=1S/C19H30O3.Ca.2H/c1-2-3-4-5-6-7-8-9-10-13-16-22-18-15-12-11-14-17(18)19(20)21;;;/h11-12,14-15H,2-10,13,16H2,1H3,(H,20,21);;;. The van der Waals surface area contributed by atoms with Gasteiger partial charge in [-0.2, -0.15) is 0 Å². The van der Waals surface area contributed by atoms with E-state index in [1.807, 2.05) is 0 Å². The fourth-order valence-electron chi connectivity index (χ4n) is 2.54. The Hall–Kier alpha value is -0.250. The van der Waals surface area contributed by atoms with Gasteiger partial charge in [0.1, 0.15) is 11.3 Å². The predicted molar refractivity (Wildman–Crippen MR) is 99.3 cm³/mol. The van der Waals surface area contributed by atoms with Gasteiger partial charge in [0.05, 0.1) is 6.61 Å². The first-order valence-corrected chi connectivity index (χ1v) is 8.70. The second-order valence-electron chi connectivity index (χ2n) is 5.83. The van der Waals surface area contributed by atoms with Crippen LogP contribution < -0.4 is 4.74 Å². The van der Waals surface area contributed by atoms with Gasteiger partial charge in [-0.1, -0.05) is 76.8 Å². The van der Waals surface area contributed by atoms with Crippen molar-refractivity contribution in [3.05, 3.63) is 29.8 Å². The van der Waals surface area contributed by atoms with Gasteiger partial charge in [0.15, 0.2) is 0 Å². The molecule has 1 N–H and O–H groups in total. The van der Waals surface area contributed by atoms with Crippen LogP contribution in [0.25, 0.3) is 0 Å². The van der Waals surface area contributed by atoms with E-state index in [4.69, 9.17) is 9.84 Å². The van der Waals surface area contributed by atoms with E-state index in [9.17, 15) is 4.79 Å². The van der Waals surface area contributed by atoms with E-state index in [-0.39, 0.29) is 43.3 Å². The molecular formula is C19H32CaO3. The maximum absolute atomic E-state index is 11.0. The fraction of sp³-hybridized carbons (Fsp3) is 0.632. The third-order valence-corrected chi connectivity index (χ3v) is 3.87. The van der Waals surface area contributed by atoms with Crippen molar-refractivity contribution in [2.75, 3.05) is 6.61 Å². The second kappa shape index (κ2) is 15.3. The van der Waals surface area contributed by atoms with Crippen LogP contribution in [-0.4, -0.2) is 55.4 Å². The van der Waals surface area contributed by atoms with Crippen LogP contribution >= 0.6 is 0 Å². The van der Waals surface area contributed by atoms with Gasteiger partial charge < -0.3 is 9.84 Å². The molecule has 0 amide bonds. The summed E-state index contributed by atoms with van der Waals surface area (Å²) in [5, 5.41) is 9.06. The Kier molecular flexibility index (Phi) is 15.1. The number of unbranched alkanes of at least 4 members (excludes halogenated alkanes) is 9. The first-order valence-electron chi connectivity index (χ1n) is 8.70. The summed E-state index contributed by atoms with van der Waals surface area (Å²) in [5.74, 6) is -0.454. The van der Waals surface area contributed by atoms with Gasteiger partial charge in [0.2, 0.25) is 0 Å². The Morgan fingerprint density at radius 3 is 2.00 bits per heavy atom. The topological polar surface area (TPSA) is 46.5 Å². The van der Waals surface area contributed by atoms with Crippen LogP contribution in [-0.2, 0) is 0 Å². The van der Waals surface area contributed by atoms with Crippen LogP contribution in [0.3, 0.4) is 0 Å². The van der Waals surface area contributed by atoms with Gasteiger partial charge in [-0.3, -0.25) is 0 Å². The van der Waals surface area contributed by atoms with Gasteiger partial charge in [0, 0.05) is 0 Å². The summed E-state index contributed by atoms with van der Waals surface area (Å²) in [6.07, 6.45) is 12.8. The van der Waals surface area contributed by atoms with Crippen molar-refractivity contribution in [2.24, 2.45) is 0 Å². The Bertz CT molecular complexity index is 421. The van der Waals surface area contributed by atoms with Gasteiger partial charge in [0.25, 0.3) is 0 Å². The van der Waals surface area contributed by atoms with Crippen LogP contribution in [0.15, 0.2) is 24.3 Å². The van der Waals surface area contributed by atoms with Crippen molar-refractivity contribution in [1.82, 2.24) is 0 Å². The molecule has 0 aliphatic heterocycles. The van der Waals surface area contributed by atoms with Gasteiger partial charge >= 0.3 is 43.7 Å². The molecule has 1 rings (SSSR count). The summed E-state index contributed by atoms with van der Waals surface area (Å²) in [6, 6.07) is 6.83. The molecule has 0 heterocycles.